The van der Waals surface area contributed by atoms with E-state index in [1.165, 1.54) is 0 Å². The SMILES string of the molecule is COc1ccc(OC[C@@H]2O[C@@H](OCCCCCN(Cc3ccccc3)C(=O)OCc3ccc(CO)cc3)[C@H](O)[C@@H](OCc3ccccc3)[C@@H]2O)cc1. The van der Waals surface area contributed by atoms with E-state index in [0.717, 1.165) is 28.7 Å². The summed E-state index contributed by atoms with van der Waals surface area (Å²) < 4.78 is 34.9. The number of ether oxygens (including phenoxy) is 6. The standard InChI is InChI=1S/C41H49NO10/c1-47-34-19-21-35(22-20-34)49-29-36-37(44)39(50-27-32-13-7-3-8-14-32)38(45)40(52-36)48-24-10-4-9-23-42(25-30-11-5-2-6-12-30)41(46)51-28-33-17-15-31(26-43)16-18-33/h2-3,5-8,11-22,36-40,43-45H,4,9-10,23-29H2,1H3/t36-,37+,38+,39-,40+/m0/s1. The van der Waals surface area contributed by atoms with Gasteiger partial charge < -0.3 is 48.6 Å². The molecule has 0 radical (unpaired) electrons. The molecular weight excluding hydrogens is 666 g/mol. The topological polar surface area (TPSA) is 136 Å². The lowest BCUT2D eigenvalue weighted by molar-refractivity contribution is -0.308. The summed E-state index contributed by atoms with van der Waals surface area (Å²) in [5, 5.41) is 31.7. The average Bonchev–Trinajstić information content (AvgIpc) is 3.19. The number of carbonyl (C=O) groups is 1. The molecule has 4 aromatic carbocycles. The van der Waals surface area contributed by atoms with Crippen LogP contribution < -0.4 is 9.47 Å². The molecule has 11 nitrogen and oxygen atoms in total. The highest BCUT2D eigenvalue weighted by Gasteiger charge is 2.46. The summed E-state index contributed by atoms with van der Waals surface area (Å²) >= 11 is 0. The van der Waals surface area contributed by atoms with Crippen LogP contribution in [-0.2, 0) is 45.3 Å². The van der Waals surface area contributed by atoms with Gasteiger partial charge >= 0.3 is 6.09 Å². The zero-order valence-electron chi connectivity index (χ0n) is 29.5. The molecule has 1 heterocycles. The minimum atomic E-state index is -1.24. The van der Waals surface area contributed by atoms with Crippen molar-refractivity contribution < 1.29 is 48.5 Å². The van der Waals surface area contributed by atoms with Gasteiger partial charge in [0.05, 0.1) is 20.3 Å². The van der Waals surface area contributed by atoms with Gasteiger partial charge in [0.2, 0.25) is 0 Å². The van der Waals surface area contributed by atoms with Crippen molar-refractivity contribution in [1.82, 2.24) is 4.90 Å². The van der Waals surface area contributed by atoms with Crippen LogP contribution in [0.5, 0.6) is 11.5 Å². The van der Waals surface area contributed by atoms with Gasteiger partial charge in [0, 0.05) is 19.7 Å². The van der Waals surface area contributed by atoms with Crippen molar-refractivity contribution in [2.45, 2.75) is 76.3 Å². The molecule has 1 aliphatic rings. The maximum atomic E-state index is 13.2. The molecule has 0 unspecified atom stereocenters. The summed E-state index contributed by atoms with van der Waals surface area (Å²) in [5.41, 5.74) is 3.53. The van der Waals surface area contributed by atoms with Crippen molar-refractivity contribution in [2.75, 3.05) is 26.9 Å². The Labute approximate surface area is 305 Å². The fraction of sp³-hybridized carbons (Fsp3) is 0.390. The van der Waals surface area contributed by atoms with Crippen LogP contribution in [-0.4, -0.2) is 83.9 Å². The third kappa shape index (κ3) is 11.8. The number of aliphatic hydroxyl groups is 3. The molecule has 0 aromatic heterocycles. The normalized spacial score (nSPS) is 19.9. The average molecular weight is 716 g/mol. The van der Waals surface area contributed by atoms with E-state index in [1.54, 1.807) is 48.4 Å². The Bertz CT molecular complexity index is 1590. The van der Waals surface area contributed by atoms with Crippen molar-refractivity contribution in [2.24, 2.45) is 0 Å². The molecule has 5 rings (SSSR count). The lowest BCUT2D eigenvalue weighted by Crippen LogP contribution is -2.60. The molecule has 11 heteroatoms. The number of amides is 1. The van der Waals surface area contributed by atoms with E-state index < -0.39 is 36.8 Å². The molecule has 1 aliphatic heterocycles. The van der Waals surface area contributed by atoms with Gasteiger partial charge in [0.15, 0.2) is 6.29 Å². The van der Waals surface area contributed by atoms with E-state index in [1.807, 2.05) is 72.8 Å². The Balaban J connectivity index is 1.13. The molecule has 278 valence electrons. The van der Waals surface area contributed by atoms with Crippen LogP contribution in [0.25, 0.3) is 0 Å². The van der Waals surface area contributed by atoms with E-state index >= 15 is 0 Å². The van der Waals surface area contributed by atoms with Crippen LogP contribution in [0.3, 0.4) is 0 Å². The van der Waals surface area contributed by atoms with E-state index in [2.05, 4.69) is 0 Å². The Hall–Kier alpha value is -4.49. The fourth-order valence-corrected chi connectivity index (χ4v) is 5.79. The largest absolute Gasteiger partial charge is 0.497 e. The first-order valence-electron chi connectivity index (χ1n) is 17.6. The molecule has 0 aliphatic carbocycles. The molecule has 5 atom stereocenters. The smallest absolute Gasteiger partial charge is 0.410 e. The molecule has 1 amide bonds. The van der Waals surface area contributed by atoms with Crippen molar-refractivity contribution >= 4 is 6.09 Å². The summed E-state index contributed by atoms with van der Waals surface area (Å²) in [6, 6.07) is 33.6. The number of hydrogen-bond acceptors (Lipinski definition) is 10. The van der Waals surface area contributed by atoms with Crippen molar-refractivity contribution in [3.05, 3.63) is 131 Å². The molecular formula is C41H49NO10. The van der Waals surface area contributed by atoms with Crippen LogP contribution >= 0.6 is 0 Å². The molecule has 3 N–H and O–H groups in total. The van der Waals surface area contributed by atoms with E-state index in [9.17, 15) is 20.1 Å². The summed E-state index contributed by atoms with van der Waals surface area (Å²) in [7, 11) is 1.59. The highest BCUT2D eigenvalue weighted by Crippen LogP contribution is 2.27. The summed E-state index contributed by atoms with van der Waals surface area (Å²) in [6.45, 7) is 1.45. The zero-order chi connectivity index (χ0) is 36.5. The number of nitrogens with zero attached hydrogens (tertiary/aromatic N) is 1. The summed E-state index contributed by atoms with van der Waals surface area (Å²) in [5.74, 6) is 1.27. The number of hydrogen-bond donors (Lipinski definition) is 3. The zero-order valence-corrected chi connectivity index (χ0v) is 29.5. The second-order valence-electron chi connectivity index (χ2n) is 12.6. The number of unbranched alkanes of at least 4 members (excludes halogenated alkanes) is 2. The summed E-state index contributed by atoms with van der Waals surface area (Å²) in [6.07, 6.45) is -3.61. The third-order valence-electron chi connectivity index (χ3n) is 8.80. The monoisotopic (exact) mass is 715 g/mol. The second kappa shape index (κ2) is 20.5. The third-order valence-corrected chi connectivity index (χ3v) is 8.80. The number of carbonyl (C=O) groups excluding carboxylic acids is 1. The number of methoxy groups -OCH3 is 1. The van der Waals surface area contributed by atoms with Gasteiger partial charge in [-0.05, 0) is 65.8 Å². The first-order chi connectivity index (χ1) is 25.4. The first-order valence-corrected chi connectivity index (χ1v) is 17.6. The van der Waals surface area contributed by atoms with Crippen LogP contribution in [0.1, 0.15) is 41.5 Å². The van der Waals surface area contributed by atoms with Crippen LogP contribution in [0.2, 0.25) is 0 Å². The quantitative estimate of drug-likeness (QED) is 0.105. The lowest BCUT2D eigenvalue weighted by Gasteiger charge is -2.42. The Kier molecular flexibility index (Phi) is 15.3. The highest BCUT2D eigenvalue weighted by atomic mass is 16.7. The minimum absolute atomic E-state index is 0.00654. The van der Waals surface area contributed by atoms with Gasteiger partial charge in [-0.15, -0.1) is 0 Å². The van der Waals surface area contributed by atoms with E-state index in [4.69, 9.17) is 28.4 Å². The number of rotatable bonds is 19. The summed E-state index contributed by atoms with van der Waals surface area (Å²) in [4.78, 5) is 14.8. The van der Waals surface area contributed by atoms with E-state index in [0.29, 0.717) is 37.4 Å². The Morgan fingerprint density at radius 1 is 0.712 bits per heavy atom. The van der Waals surface area contributed by atoms with Gasteiger partial charge in [0.1, 0.15) is 49.1 Å². The molecule has 0 bridgehead atoms. The number of aliphatic hydroxyl groups excluding tert-OH is 3. The molecule has 1 fully saturated rings. The van der Waals surface area contributed by atoms with Gasteiger partial charge in [-0.2, -0.15) is 0 Å². The van der Waals surface area contributed by atoms with Gasteiger partial charge in [0.25, 0.3) is 0 Å². The predicted molar refractivity (Wildman–Crippen MR) is 193 cm³/mol. The van der Waals surface area contributed by atoms with Crippen LogP contribution in [0, 0.1) is 0 Å². The number of benzene rings is 4. The van der Waals surface area contributed by atoms with Gasteiger partial charge in [-0.25, -0.2) is 4.79 Å². The lowest BCUT2D eigenvalue weighted by atomic mass is 9.98. The Morgan fingerprint density at radius 2 is 1.35 bits per heavy atom. The van der Waals surface area contributed by atoms with Crippen molar-refractivity contribution in [1.29, 1.82) is 0 Å². The van der Waals surface area contributed by atoms with Gasteiger partial charge in [-0.3, -0.25) is 0 Å². The second-order valence-corrected chi connectivity index (χ2v) is 12.6. The predicted octanol–water partition coefficient (Wildman–Crippen LogP) is 5.62. The van der Waals surface area contributed by atoms with Crippen LogP contribution in [0.15, 0.2) is 109 Å². The first kappa shape index (κ1) is 38.7. The van der Waals surface area contributed by atoms with Gasteiger partial charge in [-0.1, -0.05) is 84.9 Å². The minimum Gasteiger partial charge on any atom is -0.497 e. The van der Waals surface area contributed by atoms with Crippen LogP contribution in [0.4, 0.5) is 4.79 Å². The molecule has 0 saturated carbocycles. The maximum absolute atomic E-state index is 13.2. The van der Waals surface area contributed by atoms with Crippen molar-refractivity contribution in [3.8, 4) is 11.5 Å². The van der Waals surface area contributed by atoms with E-state index in [-0.39, 0.29) is 33.0 Å². The fourth-order valence-electron chi connectivity index (χ4n) is 5.79. The molecule has 1 saturated heterocycles. The molecule has 0 spiro atoms. The highest BCUT2D eigenvalue weighted by molar-refractivity contribution is 5.67. The van der Waals surface area contributed by atoms with Crippen molar-refractivity contribution in [3.63, 3.8) is 0 Å². The maximum Gasteiger partial charge on any atom is 0.410 e. The molecule has 4 aromatic rings. The molecule has 52 heavy (non-hydrogen) atoms. The Morgan fingerprint density at radius 3 is 2.02 bits per heavy atom.